The lowest BCUT2D eigenvalue weighted by Crippen LogP contribution is -2.60. The van der Waals surface area contributed by atoms with E-state index in [1.165, 1.54) is 0 Å². The number of fused-ring (bicyclic) bond motifs is 3. The molecule has 2 heterocycles. The summed E-state index contributed by atoms with van der Waals surface area (Å²) < 4.78 is 29.0. The molecule has 1 aromatic heterocycles. The second-order valence-electron chi connectivity index (χ2n) is 15.4. The fourth-order valence-corrected chi connectivity index (χ4v) is 10.0. The molecule has 246 valence electrons. The number of halogens is 1. The number of hydrogen-bond acceptors (Lipinski definition) is 7. The quantitative estimate of drug-likeness (QED) is 0.211. The summed E-state index contributed by atoms with van der Waals surface area (Å²) in [7, 11) is 0.923. The number of hydrogen-bond donors (Lipinski definition) is 0. The van der Waals surface area contributed by atoms with Crippen molar-refractivity contribution in [3.63, 3.8) is 0 Å². The number of aromatic nitrogens is 1. The average molecular weight is 678 g/mol. The molecule has 1 fully saturated rings. The molecule has 2 aliphatic rings. The zero-order valence-electron chi connectivity index (χ0n) is 29.1. The summed E-state index contributed by atoms with van der Waals surface area (Å²) in [6.45, 7) is 18.7. The Kier molecular flexibility index (Phi) is 9.08. The SMILES string of the molecule is COc1nc(C#N)cc2c1C1(O[Si](C)(C)C)C(O[Si](C)(C)C(C)(C)C)C(CN(C)C)C(c3ccccc3)C1(c1ccc(Cl)cc1)O2. The smallest absolute Gasteiger partial charge is 0.224 e. The van der Waals surface area contributed by atoms with Gasteiger partial charge in [-0.3, -0.25) is 0 Å². The fourth-order valence-electron chi connectivity index (χ4n) is 7.24. The van der Waals surface area contributed by atoms with Gasteiger partial charge in [-0.05, 0) is 75.1 Å². The first kappa shape index (κ1) is 34.6. The maximum atomic E-state index is 10.0. The van der Waals surface area contributed by atoms with E-state index in [2.05, 4.69) is 115 Å². The molecule has 0 radical (unpaired) electrons. The minimum absolute atomic E-state index is 0.0768. The van der Waals surface area contributed by atoms with Crippen molar-refractivity contribution in [3.8, 4) is 17.7 Å². The molecule has 1 saturated carbocycles. The van der Waals surface area contributed by atoms with Crippen molar-refractivity contribution in [2.45, 2.75) is 81.8 Å². The Morgan fingerprint density at radius 2 is 1.65 bits per heavy atom. The number of rotatable bonds is 9. The van der Waals surface area contributed by atoms with E-state index in [9.17, 15) is 5.26 Å². The Morgan fingerprint density at radius 1 is 1.02 bits per heavy atom. The van der Waals surface area contributed by atoms with E-state index in [1.807, 2.05) is 18.2 Å². The van der Waals surface area contributed by atoms with Crippen LogP contribution in [0.1, 0.15) is 49.1 Å². The highest BCUT2D eigenvalue weighted by atomic mass is 35.5. The number of pyridine rings is 1. The van der Waals surface area contributed by atoms with E-state index < -0.39 is 33.9 Å². The summed E-state index contributed by atoms with van der Waals surface area (Å²) in [5.41, 5.74) is 0.646. The summed E-state index contributed by atoms with van der Waals surface area (Å²) >= 11 is 6.54. The number of benzene rings is 2. The van der Waals surface area contributed by atoms with Crippen LogP contribution in [0.25, 0.3) is 0 Å². The van der Waals surface area contributed by atoms with Gasteiger partial charge < -0.3 is 23.2 Å². The van der Waals surface area contributed by atoms with Crippen molar-refractivity contribution in [3.05, 3.63) is 88.1 Å². The van der Waals surface area contributed by atoms with Crippen molar-refractivity contribution in [1.29, 1.82) is 5.26 Å². The number of ether oxygens (including phenoxy) is 2. The van der Waals surface area contributed by atoms with Crippen LogP contribution >= 0.6 is 11.6 Å². The Morgan fingerprint density at radius 3 is 2.17 bits per heavy atom. The third-order valence-corrected chi connectivity index (χ3v) is 15.5. The van der Waals surface area contributed by atoms with Gasteiger partial charge in [0.25, 0.3) is 0 Å². The molecule has 0 amide bonds. The first-order chi connectivity index (χ1) is 21.4. The molecular formula is C36H48ClN3O4Si2. The predicted octanol–water partition coefficient (Wildman–Crippen LogP) is 8.32. The van der Waals surface area contributed by atoms with Crippen LogP contribution in [0.4, 0.5) is 0 Å². The topological polar surface area (TPSA) is 76.8 Å². The highest BCUT2D eigenvalue weighted by molar-refractivity contribution is 6.74. The molecule has 5 unspecified atom stereocenters. The third-order valence-electron chi connectivity index (χ3n) is 9.81. The monoisotopic (exact) mass is 677 g/mol. The van der Waals surface area contributed by atoms with Crippen LogP contribution in [0.2, 0.25) is 42.8 Å². The Bertz CT molecular complexity index is 1620. The lowest BCUT2D eigenvalue weighted by molar-refractivity contribution is -0.135. The van der Waals surface area contributed by atoms with Gasteiger partial charge in [-0.2, -0.15) is 5.26 Å². The van der Waals surface area contributed by atoms with E-state index >= 15 is 0 Å². The lowest BCUT2D eigenvalue weighted by atomic mass is 9.71. The van der Waals surface area contributed by atoms with Crippen molar-refractivity contribution < 1.29 is 18.3 Å². The van der Waals surface area contributed by atoms with Gasteiger partial charge >= 0.3 is 0 Å². The second-order valence-corrected chi connectivity index (χ2v) is 25.0. The van der Waals surface area contributed by atoms with Crippen LogP contribution in [0.15, 0.2) is 60.7 Å². The third kappa shape index (κ3) is 5.61. The minimum atomic E-state index is -2.46. The average Bonchev–Trinajstić information content (AvgIpc) is 3.35. The zero-order valence-corrected chi connectivity index (χ0v) is 31.8. The van der Waals surface area contributed by atoms with Gasteiger partial charge in [0.2, 0.25) is 5.88 Å². The predicted molar refractivity (Wildman–Crippen MR) is 189 cm³/mol. The zero-order chi connectivity index (χ0) is 33.9. The molecule has 0 spiro atoms. The van der Waals surface area contributed by atoms with Crippen LogP contribution in [-0.2, 0) is 20.1 Å². The van der Waals surface area contributed by atoms with Crippen molar-refractivity contribution in [1.82, 2.24) is 9.88 Å². The maximum Gasteiger partial charge on any atom is 0.224 e. The van der Waals surface area contributed by atoms with Crippen LogP contribution in [-0.4, -0.2) is 60.4 Å². The minimum Gasteiger partial charge on any atom is -0.481 e. The standard InChI is InChI=1S/C36H48ClN3O4Si2/c1-34(2,3)46(10,11)43-32-28(23-40(4)5)30(24-15-13-12-14-16-24)35(25-17-19-26(37)20-18-25)36(32,44-45(7,8)9)31-29(42-35)21-27(22-38)39-33(31)41-6/h12-21,28,30,32H,23H2,1-11H3. The van der Waals surface area contributed by atoms with Crippen LogP contribution < -0.4 is 9.47 Å². The van der Waals surface area contributed by atoms with E-state index in [-0.39, 0.29) is 22.6 Å². The molecule has 10 heteroatoms. The molecule has 5 atom stereocenters. The molecular weight excluding hydrogens is 630 g/mol. The van der Waals surface area contributed by atoms with Gasteiger partial charge in [0.05, 0.1) is 18.8 Å². The molecule has 0 N–H and O–H groups in total. The molecule has 5 rings (SSSR count). The van der Waals surface area contributed by atoms with Gasteiger partial charge in [-0.1, -0.05) is 74.8 Å². The van der Waals surface area contributed by atoms with E-state index in [0.29, 0.717) is 22.2 Å². The number of methoxy groups -OCH3 is 1. The summed E-state index contributed by atoms with van der Waals surface area (Å²) in [5.74, 6) is 0.548. The summed E-state index contributed by atoms with van der Waals surface area (Å²) in [6, 6.07) is 22.5. The first-order valence-electron chi connectivity index (χ1n) is 15.9. The summed E-state index contributed by atoms with van der Waals surface area (Å²) in [5, 5.41) is 10.6. The normalized spacial score (nSPS) is 26.0. The van der Waals surface area contributed by atoms with Crippen molar-refractivity contribution in [2.75, 3.05) is 27.7 Å². The Labute approximate surface area is 282 Å². The highest BCUT2D eigenvalue weighted by Gasteiger charge is 2.79. The van der Waals surface area contributed by atoms with Crippen LogP contribution in [0.3, 0.4) is 0 Å². The Balaban J connectivity index is 2.02. The van der Waals surface area contributed by atoms with Gasteiger partial charge in [0.1, 0.15) is 17.5 Å². The molecule has 2 aromatic carbocycles. The van der Waals surface area contributed by atoms with Crippen molar-refractivity contribution in [2.24, 2.45) is 5.92 Å². The number of nitrogens with zero attached hydrogens (tertiary/aromatic N) is 3. The van der Waals surface area contributed by atoms with Crippen LogP contribution in [0, 0.1) is 17.2 Å². The van der Waals surface area contributed by atoms with E-state index in [4.69, 9.17) is 34.9 Å². The summed E-state index contributed by atoms with van der Waals surface area (Å²) in [4.78, 5) is 6.95. The van der Waals surface area contributed by atoms with Crippen LogP contribution in [0.5, 0.6) is 11.6 Å². The number of nitriles is 1. The van der Waals surface area contributed by atoms with E-state index in [0.717, 1.165) is 17.7 Å². The second kappa shape index (κ2) is 12.1. The molecule has 7 nitrogen and oxygen atoms in total. The molecule has 1 aliphatic carbocycles. The largest absolute Gasteiger partial charge is 0.481 e. The van der Waals surface area contributed by atoms with Crippen molar-refractivity contribution >= 4 is 28.2 Å². The van der Waals surface area contributed by atoms with Gasteiger partial charge in [0.15, 0.2) is 27.8 Å². The highest BCUT2D eigenvalue weighted by Crippen LogP contribution is 2.73. The lowest BCUT2D eigenvalue weighted by Gasteiger charge is -2.49. The molecule has 3 aromatic rings. The van der Waals surface area contributed by atoms with E-state index in [1.54, 1.807) is 13.2 Å². The fraction of sp³-hybridized carbons (Fsp3) is 0.500. The van der Waals surface area contributed by atoms with Gasteiger partial charge in [-0.25, -0.2) is 4.98 Å². The molecule has 0 bridgehead atoms. The van der Waals surface area contributed by atoms with Gasteiger partial charge in [0, 0.05) is 29.5 Å². The molecule has 0 saturated heterocycles. The molecule has 46 heavy (non-hydrogen) atoms. The summed E-state index contributed by atoms with van der Waals surface area (Å²) in [6.07, 6.45) is -0.465. The molecule has 1 aliphatic heterocycles. The Hall–Kier alpha value is -2.72. The first-order valence-corrected chi connectivity index (χ1v) is 22.6. The van der Waals surface area contributed by atoms with Gasteiger partial charge in [-0.15, -0.1) is 0 Å². The maximum absolute atomic E-state index is 10.0.